The van der Waals surface area contributed by atoms with Gasteiger partial charge in [0.25, 0.3) is 0 Å². The summed E-state index contributed by atoms with van der Waals surface area (Å²) in [7, 11) is 1.89. The van der Waals surface area contributed by atoms with Gasteiger partial charge < -0.3 is 14.3 Å². The number of hydrogen-bond acceptors (Lipinski definition) is 5. The van der Waals surface area contributed by atoms with Gasteiger partial charge in [-0.25, -0.2) is 0 Å². The molecule has 6 nitrogen and oxygen atoms in total. The highest BCUT2D eigenvalue weighted by atomic mass is 32.2. The number of amides is 1. The summed E-state index contributed by atoms with van der Waals surface area (Å²) in [5, 5.41) is 11.7. The summed E-state index contributed by atoms with van der Waals surface area (Å²) in [5.41, 5.74) is 0.913. The van der Waals surface area contributed by atoms with Gasteiger partial charge in [0.05, 0.1) is 17.1 Å². The van der Waals surface area contributed by atoms with E-state index < -0.39 is 0 Å². The van der Waals surface area contributed by atoms with Crippen molar-refractivity contribution < 1.29 is 9.21 Å². The highest BCUT2D eigenvalue weighted by molar-refractivity contribution is 8.00. The molecule has 21 heavy (non-hydrogen) atoms. The minimum atomic E-state index is -0.228. The van der Waals surface area contributed by atoms with E-state index in [-0.39, 0.29) is 17.2 Å². The minimum Gasteiger partial charge on any atom is -0.469 e. The van der Waals surface area contributed by atoms with Crippen LogP contribution in [0.1, 0.15) is 26.5 Å². The van der Waals surface area contributed by atoms with E-state index in [0.29, 0.717) is 5.16 Å². The molecule has 114 valence electrons. The van der Waals surface area contributed by atoms with Crippen LogP contribution < -0.4 is 5.32 Å². The van der Waals surface area contributed by atoms with Gasteiger partial charge in [-0.2, -0.15) is 0 Å². The molecule has 2 aromatic heterocycles. The first-order valence-corrected chi connectivity index (χ1v) is 7.69. The molecular weight excluding hydrogens is 288 g/mol. The first-order valence-electron chi connectivity index (χ1n) is 6.81. The molecule has 7 heteroatoms. The fourth-order valence-electron chi connectivity index (χ4n) is 1.88. The summed E-state index contributed by atoms with van der Waals surface area (Å²) in [6, 6.07) is 1.99. The number of nitrogens with one attached hydrogen (secondary N) is 1. The third kappa shape index (κ3) is 3.47. The Morgan fingerprint density at radius 2 is 2.10 bits per heavy atom. The van der Waals surface area contributed by atoms with Crippen LogP contribution in [0.4, 0.5) is 0 Å². The number of aromatic nitrogens is 3. The Labute approximate surface area is 128 Å². The first kappa shape index (κ1) is 15.6. The topological polar surface area (TPSA) is 72.9 Å². The van der Waals surface area contributed by atoms with Crippen LogP contribution in [0.5, 0.6) is 0 Å². The average Bonchev–Trinajstić information content (AvgIpc) is 2.96. The fraction of sp³-hybridized carbons (Fsp3) is 0.500. The lowest BCUT2D eigenvalue weighted by Crippen LogP contribution is -2.36. The summed E-state index contributed by atoms with van der Waals surface area (Å²) in [6.07, 6.45) is 1.63. The number of hydrogen-bond donors (Lipinski definition) is 1. The van der Waals surface area contributed by atoms with Gasteiger partial charge in [0.15, 0.2) is 11.0 Å². The molecule has 1 atom stereocenters. The van der Waals surface area contributed by atoms with Crippen molar-refractivity contribution in [1.29, 1.82) is 0 Å². The second-order valence-corrected chi connectivity index (χ2v) is 6.49. The van der Waals surface area contributed by atoms with Crippen molar-refractivity contribution in [2.24, 2.45) is 7.05 Å². The van der Waals surface area contributed by atoms with Crippen molar-refractivity contribution in [2.45, 2.75) is 44.1 Å². The van der Waals surface area contributed by atoms with Gasteiger partial charge in [-0.05, 0) is 33.8 Å². The van der Waals surface area contributed by atoms with E-state index in [1.54, 1.807) is 6.26 Å². The van der Waals surface area contributed by atoms with Crippen LogP contribution in [0.15, 0.2) is 21.9 Å². The number of carbonyl (C=O) groups excluding carboxylic acids is 1. The third-order valence-corrected chi connectivity index (χ3v) is 4.15. The van der Waals surface area contributed by atoms with Crippen LogP contribution in [0.2, 0.25) is 0 Å². The monoisotopic (exact) mass is 308 g/mol. The lowest BCUT2D eigenvalue weighted by Gasteiger charge is -2.13. The maximum Gasteiger partial charge on any atom is 0.233 e. The molecular formula is C14H20N4O2S. The highest BCUT2D eigenvalue weighted by Gasteiger charge is 2.20. The summed E-state index contributed by atoms with van der Waals surface area (Å²) in [6.45, 7) is 7.63. The zero-order valence-electron chi connectivity index (χ0n) is 12.9. The van der Waals surface area contributed by atoms with Crippen LogP contribution in [-0.4, -0.2) is 32.0 Å². The molecule has 0 radical (unpaired) electrons. The van der Waals surface area contributed by atoms with Gasteiger partial charge in [0, 0.05) is 13.1 Å². The van der Waals surface area contributed by atoms with Crippen LogP contribution >= 0.6 is 11.8 Å². The standard InChI is InChI=1S/C14H20N4O2S/c1-8(2)15-13(19)10(4)21-14-17-16-12(18(14)5)11-6-7-20-9(11)3/h6-8,10H,1-5H3,(H,15,19). The number of rotatable bonds is 5. The van der Waals surface area contributed by atoms with Gasteiger partial charge in [-0.1, -0.05) is 11.8 Å². The molecule has 0 aliphatic heterocycles. The van der Waals surface area contributed by atoms with Crippen molar-refractivity contribution in [3.05, 3.63) is 18.1 Å². The summed E-state index contributed by atoms with van der Waals surface area (Å²) in [4.78, 5) is 12.0. The Hall–Kier alpha value is -1.76. The van der Waals surface area contributed by atoms with Gasteiger partial charge in [0.2, 0.25) is 5.91 Å². The minimum absolute atomic E-state index is 0.000887. The molecule has 0 aliphatic rings. The van der Waals surface area contributed by atoms with Crippen LogP contribution in [0, 0.1) is 6.92 Å². The lowest BCUT2D eigenvalue weighted by atomic mass is 10.2. The van der Waals surface area contributed by atoms with Crippen molar-refractivity contribution >= 4 is 17.7 Å². The van der Waals surface area contributed by atoms with E-state index in [1.165, 1.54) is 11.8 Å². The molecule has 2 heterocycles. The summed E-state index contributed by atoms with van der Waals surface area (Å²) < 4.78 is 7.17. The molecule has 1 N–H and O–H groups in total. The molecule has 2 aromatic rings. The Bertz CT molecular complexity index is 633. The van der Waals surface area contributed by atoms with E-state index >= 15 is 0 Å². The maximum atomic E-state index is 12.0. The molecule has 0 spiro atoms. The van der Waals surface area contributed by atoms with Crippen molar-refractivity contribution in [1.82, 2.24) is 20.1 Å². The lowest BCUT2D eigenvalue weighted by molar-refractivity contribution is -0.120. The molecule has 0 saturated heterocycles. The van der Waals surface area contributed by atoms with E-state index in [4.69, 9.17) is 4.42 Å². The molecule has 0 saturated carbocycles. The zero-order valence-corrected chi connectivity index (χ0v) is 13.7. The van der Waals surface area contributed by atoms with Crippen molar-refractivity contribution in [3.63, 3.8) is 0 Å². The van der Waals surface area contributed by atoms with Crippen LogP contribution in [-0.2, 0) is 11.8 Å². The quantitative estimate of drug-likeness (QED) is 0.859. The predicted octanol–water partition coefficient (Wildman–Crippen LogP) is 2.39. The SMILES string of the molecule is Cc1occc1-c1nnc(SC(C)C(=O)NC(C)C)n1C. The highest BCUT2D eigenvalue weighted by Crippen LogP contribution is 2.27. The number of furan rings is 1. The summed E-state index contributed by atoms with van der Waals surface area (Å²) in [5.74, 6) is 1.53. The zero-order chi connectivity index (χ0) is 15.6. The van der Waals surface area contributed by atoms with Gasteiger partial charge >= 0.3 is 0 Å². The van der Waals surface area contributed by atoms with Crippen LogP contribution in [0.3, 0.4) is 0 Å². The molecule has 2 rings (SSSR count). The van der Waals surface area contributed by atoms with E-state index in [1.807, 2.05) is 45.4 Å². The smallest absolute Gasteiger partial charge is 0.233 e. The molecule has 0 aliphatic carbocycles. The average molecular weight is 308 g/mol. The second-order valence-electron chi connectivity index (χ2n) is 5.18. The van der Waals surface area contributed by atoms with E-state index in [9.17, 15) is 4.79 Å². The number of nitrogens with zero attached hydrogens (tertiary/aromatic N) is 3. The van der Waals surface area contributed by atoms with Crippen molar-refractivity contribution in [3.8, 4) is 11.4 Å². The summed E-state index contributed by atoms with van der Waals surface area (Å²) >= 11 is 1.39. The second kappa shape index (κ2) is 6.34. The third-order valence-electron chi connectivity index (χ3n) is 3.02. The Morgan fingerprint density at radius 1 is 1.38 bits per heavy atom. The predicted molar refractivity (Wildman–Crippen MR) is 82.0 cm³/mol. The normalized spacial score (nSPS) is 12.7. The van der Waals surface area contributed by atoms with Crippen molar-refractivity contribution in [2.75, 3.05) is 0 Å². The van der Waals surface area contributed by atoms with E-state index in [2.05, 4.69) is 15.5 Å². The molecule has 1 amide bonds. The Morgan fingerprint density at radius 3 is 2.67 bits per heavy atom. The number of thioether (sulfide) groups is 1. The largest absolute Gasteiger partial charge is 0.469 e. The van der Waals surface area contributed by atoms with Gasteiger partial charge in [-0.15, -0.1) is 10.2 Å². The van der Waals surface area contributed by atoms with Gasteiger partial charge in [-0.3, -0.25) is 4.79 Å². The fourth-order valence-corrected chi connectivity index (χ4v) is 2.71. The first-order chi connectivity index (χ1) is 9.90. The van der Waals surface area contributed by atoms with E-state index in [0.717, 1.165) is 17.1 Å². The Kier molecular flexibility index (Phi) is 4.72. The molecule has 1 unspecified atom stereocenters. The molecule has 0 bridgehead atoms. The maximum absolute atomic E-state index is 12.0. The molecule has 0 aromatic carbocycles. The van der Waals surface area contributed by atoms with Gasteiger partial charge in [0.1, 0.15) is 5.76 Å². The Balaban J connectivity index is 2.14. The van der Waals surface area contributed by atoms with Crippen LogP contribution in [0.25, 0.3) is 11.4 Å². The number of carbonyl (C=O) groups is 1. The number of aryl methyl sites for hydroxylation is 1. The molecule has 0 fully saturated rings.